The van der Waals surface area contributed by atoms with Crippen LogP contribution in [-0.4, -0.2) is 70.6 Å². The molecule has 1 aromatic carbocycles. The Morgan fingerprint density at radius 2 is 1.93 bits per heavy atom. The lowest BCUT2D eigenvalue weighted by atomic mass is 10.0. The molecular weight excluding hydrogens is 503 g/mol. The van der Waals surface area contributed by atoms with Crippen molar-refractivity contribution in [3.63, 3.8) is 0 Å². The van der Waals surface area contributed by atoms with Crippen molar-refractivity contribution in [3.05, 3.63) is 29.8 Å². The lowest BCUT2D eigenvalue weighted by Crippen LogP contribution is -2.47. The van der Waals surface area contributed by atoms with Gasteiger partial charge in [-0.1, -0.05) is 18.6 Å². The number of nitrogens with zero attached hydrogens (tertiary/aromatic N) is 2. The summed E-state index contributed by atoms with van der Waals surface area (Å²) in [5.74, 6) is 1.96. The molecular formula is C20H33IN4O3S. The van der Waals surface area contributed by atoms with E-state index < -0.39 is 9.84 Å². The molecule has 0 aromatic heterocycles. The Kier molecular flexibility index (Phi) is 9.48. The summed E-state index contributed by atoms with van der Waals surface area (Å²) in [4.78, 5) is 6.82. The summed E-state index contributed by atoms with van der Waals surface area (Å²) in [5, 5.41) is 6.69. The quantitative estimate of drug-likeness (QED) is 0.330. The number of sulfone groups is 1. The van der Waals surface area contributed by atoms with E-state index in [1.807, 2.05) is 12.1 Å². The molecule has 1 aromatic rings. The van der Waals surface area contributed by atoms with E-state index in [1.54, 1.807) is 14.2 Å². The van der Waals surface area contributed by atoms with Crippen LogP contribution in [-0.2, 0) is 9.84 Å². The van der Waals surface area contributed by atoms with Gasteiger partial charge in [0, 0.05) is 19.6 Å². The number of guanidine groups is 1. The van der Waals surface area contributed by atoms with Crippen molar-refractivity contribution in [2.75, 3.05) is 45.3 Å². The highest BCUT2D eigenvalue weighted by atomic mass is 127. The minimum atomic E-state index is -2.91. The molecule has 2 aliphatic heterocycles. The Morgan fingerprint density at radius 1 is 1.24 bits per heavy atom. The number of likely N-dealkylation sites (tertiary alicyclic amines) is 1. The third kappa shape index (κ3) is 6.99. The van der Waals surface area contributed by atoms with Gasteiger partial charge in [0.2, 0.25) is 0 Å². The fourth-order valence-electron chi connectivity index (χ4n) is 4.00. The summed E-state index contributed by atoms with van der Waals surface area (Å²) in [7, 11) is 0.490. The van der Waals surface area contributed by atoms with Gasteiger partial charge in [0.15, 0.2) is 15.8 Å². The number of aliphatic imine (C=N–C) groups is 1. The van der Waals surface area contributed by atoms with Gasteiger partial charge in [-0.25, -0.2) is 8.42 Å². The zero-order valence-electron chi connectivity index (χ0n) is 17.3. The van der Waals surface area contributed by atoms with Gasteiger partial charge in [-0.3, -0.25) is 9.89 Å². The molecule has 2 aliphatic rings. The summed E-state index contributed by atoms with van der Waals surface area (Å²) >= 11 is 0. The molecule has 9 heteroatoms. The van der Waals surface area contributed by atoms with Crippen molar-refractivity contribution < 1.29 is 13.2 Å². The van der Waals surface area contributed by atoms with Crippen LogP contribution in [0.5, 0.6) is 5.75 Å². The number of hydrogen-bond acceptors (Lipinski definition) is 5. The van der Waals surface area contributed by atoms with Gasteiger partial charge < -0.3 is 15.4 Å². The van der Waals surface area contributed by atoms with E-state index in [-0.39, 0.29) is 47.6 Å². The number of nitrogens with one attached hydrogen (secondary N) is 2. The number of hydrogen-bond donors (Lipinski definition) is 2. The number of halogens is 1. The van der Waals surface area contributed by atoms with E-state index in [0.29, 0.717) is 18.9 Å². The number of benzene rings is 1. The molecule has 2 N–H and O–H groups in total. The summed E-state index contributed by atoms with van der Waals surface area (Å²) in [6.45, 7) is 2.89. The second-order valence-electron chi connectivity index (χ2n) is 7.58. The zero-order valence-corrected chi connectivity index (χ0v) is 20.4. The van der Waals surface area contributed by atoms with Gasteiger partial charge in [0.25, 0.3) is 0 Å². The molecule has 2 heterocycles. The Morgan fingerprint density at radius 3 is 2.48 bits per heavy atom. The minimum absolute atomic E-state index is 0. The van der Waals surface area contributed by atoms with Gasteiger partial charge in [0.1, 0.15) is 5.75 Å². The number of piperidine rings is 1. The maximum atomic E-state index is 11.7. The Balaban J connectivity index is 0.00000300. The van der Waals surface area contributed by atoms with Crippen molar-refractivity contribution in [2.45, 2.75) is 37.8 Å². The number of rotatable bonds is 6. The Hall–Kier alpha value is -1.07. The standard InChI is InChI=1S/C20H32N4O3S.HI/c1-21-20(23-17-10-13-28(25,26)15-17)22-14-19(24-11-4-3-5-12-24)16-6-8-18(27-2)9-7-16;/h6-9,17,19H,3-5,10-15H2,1-2H3,(H2,21,22,23);1H. The SMILES string of the molecule is CN=C(NCC(c1ccc(OC)cc1)N1CCCCC1)NC1CCS(=O)(=O)C1.I. The molecule has 0 aliphatic carbocycles. The first kappa shape index (κ1) is 24.2. The summed E-state index contributed by atoms with van der Waals surface area (Å²) in [6.07, 6.45) is 4.37. The van der Waals surface area contributed by atoms with Crippen molar-refractivity contribution in [2.24, 2.45) is 4.99 Å². The lowest BCUT2D eigenvalue weighted by Gasteiger charge is -2.35. The molecule has 0 amide bonds. The molecule has 2 saturated heterocycles. The van der Waals surface area contributed by atoms with Crippen LogP contribution < -0.4 is 15.4 Å². The average molecular weight is 536 g/mol. The fraction of sp³-hybridized carbons (Fsp3) is 0.650. The predicted octanol–water partition coefficient (Wildman–Crippen LogP) is 2.19. The van der Waals surface area contributed by atoms with Crippen LogP contribution in [0.2, 0.25) is 0 Å². The molecule has 29 heavy (non-hydrogen) atoms. The molecule has 7 nitrogen and oxygen atoms in total. The molecule has 0 bridgehead atoms. The second-order valence-corrected chi connectivity index (χ2v) is 9.81. The van der Waals surface area contributed by atoms with E-state index in [0.717, 1.165) is 18.8 Å². The molecule has 2 atom stereocenters. The van der Waals surface area contributed by atoms with Gasteiger partial charge in [-0.2, -0.15) is 0 Å². The maximum absolute atomic E-state index is 11.7. The summed E-state index contributed by atoms with van der Waals surface area (Å²) in [6, 6.07) is 8.42. The minimum Gasteiger partial charge on any atom is -0.497 e. The monoisotopic (exact) mass is 536 g/mol. The van der Waals surface area contributed by atoms with Gasteiger partial charge in [0.05, 0.1) is 24.7 Å². The van der Waals surface area contributed by atoms with Crippen LogP contribution in [0.1, 0.15) is 37.3 Å². The number of methoxy groups -OCH3 is 1. The van der Waals surface area contributed by atoms with Crippen LogP contribution in [0.4, 0.5) is 0 Å². The first-order valence-corrected chi connectivity index (χ1v) is 11.9. The smallest absolute Gasteiger partial charge is 0.191 e. The first-order chi connectivity index (χ1) is 13.5. The lowest BCUT2D eigenvalue weighted by molar-refractivity contribution is 0.164. The molecule has 0 spiro atoms. The third-order valence-electron chi connectivity index (χ3n) is 5.59. The predicted molar refractivity (Wildman–Crippen MR) is 128 cm³/mol. The molecule has 0 saturated carbocycles. The normalized spacial score (nSPS) is 23.1. The van der Waals surface area contributed by atoms with E-state index in [4.69, 9.17) is 4.74 Å². The highest BCUT2D eigenvalue weighted by Crippen LogP contribution is 2.26. The van der Waals surface area contributed by atoms with E-state index in [1.165, 1.54) is 24.8 Å². The zero-order chi connectivity index (χ0) is 20.0. The fourth-order valence-corrected chi connectivity index (χ4v) is 5.68. The second kappa shape index (κ2) is 11.4. The van der Waals surface area contributed by atoms with Gasteiger partial charge in [-0.05, 0) is 50.0 Å². The summed E-state index contributed by atoms with van der Waals surface area (Å²) < 4.78 is 28.7. The van der Waals surface area contributed by atoms with E-state index >= 15 is 0 Å². The van der Waals surface area contributed by atoms with Crippen LogP contribution in [0.25, 0.3) is 0 Å². The van der Waals surface area contributed by atoms with Crippen LogP contribution in [0, 0.1) is 0 Å². The maximum Gasteiger partial charge on any atom is 0.191 e. The largest absolute Gasteiger partial charge is 0.497 e. The van der Waals surface area contributed by atoms with Crippen molar-refractivity contribution in [1.82, 2.24) is 15.5 Å². The molecule has 2 fully saturated rings. The molecule has 3 rings (SSSR count). The Bertz CT molecular complexity index is 764. The van der Waals surface area contributed by atoms with Crippen LogP contribution >= 0.6 is 24.0 Å². The third-order valence-corrected chi connectivity index (χ3v) is 7.36. The van der Waals surface area contributed by atoms with Crippen LogP contribution in [0.3, 0.4) is 0 Å². The highest BCUT2D eigenvalue weighted by molar-refractivity contribution is 14.0. The Labute approximate surface area is 191 Å². The van der Waals surface area contributed by atoms with Gasteiger partial charge >= 0.3 is 0 Å². The van der Waals surface area contributed by atoms with Gasteiger partial charge in [-0.15, -0.1) is 24.0 Å². The highest BCUT2D eigenvalue weighted by Gasteiger charge is 2.29. The van der Waals surface area contributed by atoms with Crippen molar-refractivity contribution in [3.8, 4) is 5.75 Å². The first-order valence-electron chi connectivity index (χ1n) is 10.1. The summed E-state index contributed by atoms with van der Waals surface area (Å²) in [5.41, 5.74) is 1.24. The molecule has 0 radical (unpaired) electrons. The van der Waals surface area contributed by atoms with Crippen molar-refractivity contribution in [1.29, 1.82) is 0 Å². The number of ether oxygens (including phenoxy) is 1. The van der Waals surface area contributed by atoms with Crippen LogP contribution in [0.15, 0.2) is 29.3 Å². The average Bonchev–Trinajstić information content (AvgIpc) is 3.06. The topological polar surface area (TPSA) is 83.0 Å². The molecule has 2 unspecified atom stereocenters. The van der Waals surface area contributed by atoms with Crippen molar-refractivity contribution >= 4 is 39.8 Å². The van der Waals surface area contributed by atoms with E-state index in [9.17, 15) is 8.42 Å². The van der Waals surface area contributed by atoms with E-state index in [2.05, 4.69) is 32.7 Å². The molecule has 164 valence electrons.